The molecule has 5 heteroatoms. The van der Waals surface area contributed by atoms with Crippen LogP contribution in [0, 0.1) is 0 Å². The third kappa shape index (κ3) is 2.77. The van der Waals surface area contributed by atoms with Crippen LogP contribution < -0.4 is 10.6 Å². The van der Waals surface area contributed by atoms with Gasteiger partial charge in [0.2, 0.25) is 5.91 Å². The van der Waals surface area contributed by atoms with Crippen molar-refractivity contribution in [3.63, 3.8) is 0 Å². The number of nitrogens with two attached hydrogens (primary N) is 1. The third-order valence-corrected chi connectivity index (χ3v) is 4.03. The van der Waals surface area contributed by atoms with Crippen molar-refractivity contribution in [2.75, 3.05) is 4.90 Å². The smallest absolute Gasteiger partial charge is 0.231 e. The van der Waals surface area contributed by atoms with Gasteiger partial charge < -0.3 is 10.6 Å². The molecular weight excluding hydrogens is 304 g/mol. The minimum atomic E-state index is 0.0886. The predicted molar refractivity (Wildman–Crippen MR) is 88.7 cm³/mol. The van der Waals surface area contributed by atoms with Crippen LogP contribution in [0.25, 0.3) is 0 Å². The quantitative estimate of drug-likeness (QED) is 0.885. The molecule has 0 aromatic heterocycles. The van der Waals surface area contributed by atoms with E-state index in [1.54, 1.807) is 4.90 Å². The molecule has 2 aromatic rings. The first-order valence-corrected chi connectivity index (χ1v) is 7.31. The van der Waals surface area contributed by atoms with Gasteiger partial charge >= 0.3 is 0 Å². The van der Waals surface area contributed by atoms with E-state index >= 15 is 0 Å². The van der Waals surface area contributed by atoms with Crippen LogP contribution in [0.5, 0.6) is 0 Å². The molecule has 0 saturated heterocycles. The molecule has 2 aromatic carbocycles. The van der Waals surface area contributed by atoms with Crippen molar-refractivity contribution in [1.82, 2.24) is 0 Å². The monoisotopic (exact) mass is 316 g/mol. The van der Waals surface area contributed by atoms with Crippen molar-refractivity contribution in [2.24, 2.45) is 5.73 Å². The molecule has 1 aliphatic rings. The van der Waals surface area contributed by atoms with E-state index in [9.17, 15) is 4.79 Å². The zero-order valence-corrected chi connectivity index (χ0v) is 12.7. The number of anilines is 1. The van der Waals surface area contributed by atoms with Crippen LogP contribution in [0.4, 0.5) is 5.69 Å². The molecule has 21 heavy (non-hydrogen) atoms. The Morgan fingerprint density at radius 3 is 2.62 bits per heavy atom. The van der Waals surface area contributed by atoms with Gasteiger partial charge in [-0.25, -0.2) is 0 Å². The molecule has 0 spiro atoms. The van der Waals surface area contributed by atoms with Gasteiger partial charge in [-0.15, -0.1) is 0 Å². The number of amides is 1. The summed E-state index contributed by atoms with van der Waals surface area (Å²) in [6.45, 7) is 0.518. The zero-order chi connectivity index (χ0) is 15.0. The van der Waals surface area contributed by atoms with Crippen molar-refractivity contribution in [3.05, 3.63) is 64.2 Å². The Bertz CT molecular complexity index is 728. The fraction of sp³-hybridized carbons (Fsp3) is 0.125. The summed E-state index contributed by atoms with van der Waals surface area (Å²) >= 11 is 11.0. The number of thiocarbonyl (C=S) groups is 1. The van der Waals surface area contributed by atoms with Gasteiger partial charge in [-0.2, -0.15) is 0 Å². The van der Waals surface area contributed by atoms with Crippen molar-refractivity contribution >= 4 is 40.4 Å². The fourth-order valence-electron chi connectivity index (χ4n) is 2.46. The van der Waals surface area contributed by atoms with Crippen LogP contribution in [0.15, 0.2) is 42.5 Å². The first kappa shape index (κ1) is 14.0. The van der Waals surface area contributed by atoms with Crippen LogP contribution >= 0.6 is 23.8 Å². The Hall–Kier alpha value is -1.91. The van der Waals surface area contributed by atoms with Crippen LogP contribution in [0.3, 0.4) is 0 Å². The maximum Gasteiger partial charge on any atom is 0.231 e. The molecule has 3 nitrogen and oxygen atoms in total. The van der Waals surface area contributed by atoms with Gasteiger partial charge in [-0.3, -0.25) is 4.79 Å². The largest absolute Gasteiger partial charge is 0.389 e. The number of hydrogen-bond acceptors (Lipinski definition) is 2. The van der Waals surface area contributed by atoms with E-state index in [4.69, 9.17) is 29.6 Å². The molecule has 0 atom stereocenters. The number of carbonyl (C=O) groups is 1. The lowest BCUT2D eigenvalue weighted by Gasteiger charge is -2.18. The second-order valence-electron chi connectivity index (χ2n) is 4.99. The van der Waals surface area contributed by atoms with E-state index in [1.807, 2.05) is 42.5 Å². The van der Waals surface area contributed by atoms with E-state index < -0.39 is 0 Å². The number of rotatable bonds is 3. The number of nitrogens with zero attached hydrogens (tertiary/aromatic N) is 1. The number of halogens is 1. The minimum absolute atomic E-state index is 0.0886. The standard InChI is InChI=1S/C16H13ClN2OS/c17-13-6-5-12-7-15(20)19(14(12)8-13)9-10-1-3-11(4-2-10)16(18)21/h1-6,8H,7,9H2,(H2,18,21). The summed E-state index contributed by atoms with van der Waals surface area (Å²) in [7, 11) is 0. The first-order chi connectivity index (χ1) is 10.0. The molecule has 2 N–H and O–H groups in total. The summed E-state index contributed by atoms with van der Waals surface area (Å²) < 4.78 is 0. The van der Waals surface area contributed by atoms with Crippen molar-refractivity contribution in [3.8, 4) is 0 Å². The highest BCUT2D eigenvalue weighted by molar-refractivity contribution is 7.80. The first-order valence-electron chi connectivity index (χ1n) is 6.52. The van der Waals surface area contributed by atoms with Gasteiger partial charge in [0.05, 0.1) is 13.0 Å². The topological polar surface area (TPSA) is 46.3 Å². The van der Waals surface area contributed by atoms with Crippen LogP contribution in [-0.2, 0) is 17.8 Å². The summed E-state index contributed by atoms with van der Waals surface area (Å²) in [5.74, 6) is 0.0886. The van der Waals surface area contributed by atoms with Gasteiger partial charge in [-0.05, 0) is 23.3 Å². The van der Waals surface area contributed by atoms with E-state index in [-0.39, 0.29) is 5.91 Å². The average Bonchev–Trinajstić information content (AvgIpc) is 2.76. The molecule has 0 aliphatic carbocycles. The summed E-state index contributed by atoms with van der Waals surface area (Å²) in [5, 5.41) is 0.636. The summed E-state index contributed by atoms with van der Waals surface area (Å²) in [5.41, 5.74) is 9.34. The number of benzene rings is 2. The van der Waals surface area contributed by atoms with Gasteiger partial charge in [0, 0.05) is 16.3 Å². The normalized spacial score (nSPS) is 13.4. The molecule has 106 valence electrons. The number of fused-ring (bicyclic) bond motifs is 1. The molecule has 0 fully saturated rings. The molecule has 1 aliphatic heterocycles. The van der Waals surface area contributed by atoms with Gasteiger partial charge in [0.1, 0.15) is 4.99 Å². The summed E-state index contributed by atoms with van der Waals surface area (Å²) in [4.78, 5) is 14.3. The second-order valence-corrected chi connectivity index (χ2v) is 5.87. The molecule has 3 rings (SSSR count). The lowest BCUT2D eigenvalue weighted by atomic mass is 10.1. The maximum absolute atomic E-state index is 12.2. The number of carbonyl (C=O) groups excluding carboxylic acids is 1. The Kier molecular flexibility index (Phi) is 3.66. The van der Waals surface area contributed by atoms with Gasteiger partial charge in [0.25, 0.3) is 0 Å². The SMILES string of the molecule is NC(=S)c1ccc(CN2C(=O)Cc3ccc(Cl)cc32)cc1. The second kappa shape index (κ2) is 5.47. The van der Waals surface area contributed by atoms with E-state index in [0.717, 1.165) is 22.4 Å². The molecule has 1 heterocycles. The highest BCUT2D eigenvalue weighted by Gasteiger charge is 2.27. The summed E-state index contributed by atoms with van der Waals surface area (Å²) in [6.07, 6.45) is 0.428. The maximum atomic E-state index is 12.2. The Morgan fingerprint density at radius 1 is 1.24 bits per heavy atom. The van der Waals surface area contributed by atoms with Gasteiger partial charge in [0.15, 0.2) is 0 Å². The van der Waals surface area contributed by atoms with E-state index in [0.29, 0.717) is 23.0 Å². The minimum Gasteiger partial charge on any atom is -0.389 e. The van der Waals surface area contributed by atoms with Crippen LogP contribution in [-0.4, -0.2) is 10.9 Å². The fourth-order valence-corrected chi connectivity index (χ4v) is 2.76. The highest BCUT2D eigenvalue weighted by atomic mass is 35.5. The third-order valence-electron chi connectivity index (χ3n) is 3.56. The van der Waals surface area contributed by atoms with Crippen molar-refractivity contribution < 1.29 is 4.79 Å². The molecule has 1 amide bonds. The van der Waals surface area contributed by atoms with Crippen molar-refractivity contribution in [1.29, 1.82) is 0 Å². The Morgan fingerprint density at radius 2 is 1.95 bits per heavy atom. The summed E-state index contributed by atoms with van der Waals surface area (Å²) in [6, 6.07) is 13.2. The highest BCUT2D eigenvalue weighted by Crippen LogP contribution is 2.32. The lowest BCUT2D eigenvalue weighted by molar-refractivity contribution is -0.117. The van der Waals surface area contributed by atoms with Crippen LogP contribution in [0.2, 0.25) is 5.02 Å². The average molecular weight is 317 g/mol. The molecule has 0 unspecified atom stereocenters. The molecule has 0 saturated carbocycles. The Balaban J connectivity index is 1.87. The Labute approximate surface area is 133 Å². The molecule has 0 radical (unpaired) electrons. The van der Waals surface area contributed by atoms with Crippen molar-refractivity contribution in [2.45, 2.75) is 13.0 Å². The van der Waals surface area contributed by atoms with Gasteiger partial charge in [-0.1, -0.05) is 54.2 Å². The zero-order valence-electron chi connectivity index (χ0n) is 11.2. The van der Waals surface area contributed by atoms with Crippen LogP contribution in [0.1, 0.15) is 16.7 Å². The predicted octanol–water partition coefficient (Wildman–Crippen LogP) is 3.06. The number of hydrogen-bond donors (Lipinski definition) is 1. The molecule has 0 bridgehead atoms. The molecular formula is C16H13ClN2OS. The van der Waals surface area contributed by atoms with E-state index in [1.165, 1.54) is 0 Å². The lowest BCUT2D eigenvalue weighted by Crippen LogP contribution is -2.26. The van der Waals surface area contributed by atoms with E-state index in [2.05, 4.69) is 0 Å².